The minimum Gasteiger partial charge on any atom is -0.478 e. The highest BCUT2D eigenvalue weighted by Gasteiger charge is 2.09. The van der Waals surface area contributed by atoms with E-state index in [0.29, 0.717) is 6.61 Å². The number of aromatic carboxylic acids is 1. The Labute approximate surface area is 99.8 Å². The molecule has 0 atom stereocenters. The lowest BCUT2D eigenvalue weighted by molar-refractivity contribution is -0.323. The molecule has 0 amide bonds. The van der Waals surface area contributed by atoms with Crippen molar-refractivity contribution in [1.29, 1.82) is 0 Å². The Balaban J connectivity index is 2.34. The van der Waals surface area contributed by atoms with Crippen molar-refractivity contribution in [3.05, 3.63) is 29.8 Å². The zero-order valence-electron chi connectivity index (χ0n) is 9.72. The van der Waals surface area contributed by atoms with Crippen LogP contribution in [0.25, 0.3) is 0 Å². The molecule has 1 N–H and O–H groups in total. The number of carboxylic acid groups (broad SMARTS) is 1. The molecule has 0 bridgehead atoms. The number of ether oxygens (including phenoxy) is 1. The smallest absolute Gasteiger partial charge is 0.339 e. The predicted molar refractivity (Wildman–Crippen MR) is 60.8 cm³/mol. The summed E-state index contributed by atoms with van der Waals surface area (Å²) >= 11 is 0. The number of unbranched alkanes of at least 4 members (excludes halogenated alkanes) is 1. The number of carboxylic acids is 1. The van der Waals surface area contributed by atoms with Crippen LogP contribution in [0.15, 0.2) is 24.3 Å². The number of rotatable bonds is 8. The van der Waals surface area contributed by atoms with Gasteiger partial charge in [-0.3, -0.25) is 0 Å². The molecule has 0 spiro atoms. The first-order valence-corrected chi connectivity index (χ1v) is 5.45. The third-order valence-corrected chi connectivity index (χ3v) is 2.04. The molecule has 0 aromatic heterocycles. The van der Waals surface area contributed by atoms with E-state index in [0.717, 1.165) is 12.8 Å². The van der Waals surface area contributed by atoms with Crippen molar-refractivity contribution >= 4 is 5.97 Å². The van der Waals surface area contributed by atoms with E-state index in [1.165, 1.54) is 6.07 Å². The molecule has 0 saturated carbocycles. The summed E-state index contributed by atoms with van der Waals surface area (Å²) in [5, 5.41) is 8.89. The first kappa shape index (κ1) is 13.5. The fraction of sp³-hybridized carbons (Fsp3) is 0.417. The van der Waals surface area contributed by atoms with Crippen LogP contribution in [0.1, 0.15) is 30.1 Å². The van der Waals surface area contributed by atoms with Gasteiger partial charge in [0.05, 0.1) is 6.61 Å². The van der Waals surface area contributed by atoms with Crippen LogP contribution in [0.5, 0.6) is 5.75 Å². The maximum absolute atomic E-state index is 10.8. The Kier molecular flexibility index (Phi) is 6.06. The largest absolute Gasteiger partial charge is 0.478 e. The van der Waals surface area contributed by atoms with E-state index in [4.69, 9.17) is 19.6 Å². The molecule has 1 aromatic carbocycles. The second-order valence-corrected chi connectivity index (χ2v) is 3.36. The van der Waals surface area contributed by atoms with Crippen molar-refractivity contribution in [2.75, 3.05) is 13.4 Å². The Morgan fingerprint density at radius 1 is 1.29 bits per heavy atom. The van der Waals surface area contributed by atoms with Crippen LogP contribution in [0.3, 0.4) is 0 Å². The molecule has 1 rings (SSSR count). The van der Waals surface area contributed by atoms with Crippen LogP contribution >= 0.6 is 0 Å². The molecular weight excluding hydrogens is 224 g/mol. The number of carbonyl (C=O) groups is 1. The van der Waals surface area contributed by atoms with E-state index in [-0.39, 0.29) is 18.1 Å². The van der Waals surface area contributed by atoms with E-state index >= 15 is 0 Å². The summed E-state index contributed by atoms with van der Waals surface area (Å²) in [6, 6.07) is 6.36. The molecule has 0 unspecified atom stereocenters. The highest BCUT2D eigenvalue weighted by atomic mass is 17.2. The first-order chi connectivity index (χ1) is 8.25. The topological polar surface area (TPSA) is 65.0 Å². The summed E-state index contributed by atoms with van der Waals surface area (Å²) in [7, 11) is 0. The average molecular weight is 240 g/mol. The van der Waals surface area contributed by atoms with Gasteiger partial charge in [0.25, 0.3) is 0 Å². The van der Waals surface area contributed by atoms with Crippen molar-refractivity contribution in [3.63, 3.8) is 0 Å². The molecule has 17 heavy (non-hydrogen) atoms. The van der Waals surface area contributed by atoms with Gasteiger partial charge < -0.3 is 9.84 Å². The van der Waals surface area contributed by atoms with Gasteiger partial charge in [-0.25, -0.2) is 9.68 Å². The van der Waals surface area contributed by atoms with Gasteiger partial charge in [-0.1, -0.05) is 25.5 Å². The van der Waals surface area contributed by atoms with Crippen LogP contribution < -0.4 is 4.74 Å². The first-order valence-electron chi connectivity index (χ1n) is 5.45. The Hall–Kier alpha value is -1.59. The van der Waals surface area contributed by atoms with Crippen LogP contribution in [-0.2, 0) is 9.78 Å². The van der Waals surface area contributed by atoms with Crippen molar-refractivity contribution < 1.29 is 24.4 Å². The minimum absolute atomic E-state index is 0.102. The third kappa shape index (κ3) is 4.84. The highest BCUT2D eigenvalue weighted by molar-refractivity contribution is 5.90. The molecule has 0 aliphatic carbocycles. The van der Waals surface area contributed by atoms with Gasteiger partial charge in [-0.2, -0.15) is 4.89 Å². The van der Waals surface area contributed by atoms with Gasteiger partial charge in [0.15, 0.2) is 0 Å². The van der Waals surface area contributed by atoms with E-state index in [1.54, 1.807) is 18.2 Å². The average Bonchev–Trinajstić information content (AvgIpc) is 2.34. The van der Waals surface area contributed by atoms with Gasteiger partial charge in [0.2, 0.25) is 6.79 Å². The van der Waals surface area contributed by atoms with Gasteiger partial charge >= 0.3 is 5.97 Å². The van der Waals surface area contributed by atoms with Crippen molar-refractivity contribution in [1.82, 2.24) is 0 Å². The molecule has 5 nitrogen and oxygen atoms in total. The van der Waals surface area contributed by atoms with Crippen LogP contribution in [0.4, 0.5) is 0 Å². The van der Waals surface area contributed by atoms with Crippen LogP contribution in [0, 0.1) is 0 Å². The van der Waals surface area contributed by atoms with Gasteiger partial charge in [0.1, 0.15) is 11.3 Å². The summed E-state index contributed by atoms with van der Waals surface area (Å²) in [6.07, 6.45) is 1.93. The molecule has 0 radical (unpaired) electrons. The van der Waals surface area contributed by atoms with Gasteiger partial charge in [0, 0.05) is 0 Å². The second-order valence-electron chi connectivity index (χ2n) is 3.36. The number of benzene rings is 1. The SMILES string of the molecule is CCCCOOCOc1ccccc1C(=O)O. The molecule has 0 aliphatic heterocycles. The third-order valence-electron chi connectivity index (χ3n) is 2.04. The minimum atomic E-state index is -1.03. The van der Waals surface area contributed by atoms with E-state index in [1.807, 2.05) is 6.92 Å². The standard InChI is InChI=1S/C12H16O5/c1-2-3-8-16-17-9-15-11-7-5-4-6-10(11)12(13)14/h4-7H,2-3,8-9H2,1H3,(H,13,14). The molecule has 5 heteroatoms. The molecule has 0 aliphatic rings. The molecule has 0 heterocycles. The molecule has 94 valence electrons. The monoisotopic (exact) mass is 240 g/mol. The molecule has 0 saturated heterocycles. The normalized spacial score (nSPS) is 10.2. The second kappa shape index (κ2) is 7.65. The lowest BCUT2D eigenvalue weighted by Gasteiger charge is -2.08. The maximum atomic E-state index is 10.8. The summed E-state index contributed by atoms with van der Waals surface area (Å²) < 4.78 is 5.15. The Morgan fingerprint density at radius 2 is 2.06 bits per heavy atom. The summed E-state index contributed by atoms with van der Waals surface area (Å²) in [4.78, 5) is 20.4. The zero-order chi connectivity index (χ0) is 12.5. The van der Waals surface area contributed by atoms with Crippen LogP contribution in [-0.4, -0.2) is 24.5 Å². The van der Waals surface area contributed by atoms with E-state index < -0.39 is 5.97 Å². The quantitative estimate of drug-likeness (QED) is 0.327. The number of para-hydroxylation sites is 1. The molecule has 0 fully saturated rings. The highest BCUT2D eigenvalue weighted by Crippen LogP contribution is 2.17. The zero-order valence-corrected chi connectivity index (χ0v) is 9.72. The molecular formula is C12H16O5. The lowest BCUT2D eigenvalue weighted by atomic mass is 10.2. The maximum Gasteiger partial charge on any atom is 0.339 e. The number of hydrogen-bond acceptors (Lipinski definition) is 4. The van der Waals surface area contributed by atoms with Crippen molar-refractivity contribution in [2.45, 2.75) is 19.8 Å². The Morgan fingerprint density at radius 3 is 2.76 bits per heavy atom. The van der Waals surface area contributed by atoms with Crippen molar-refractivity contribution in [2.24, 2.45) is 0 Å². The molecule has 1 aromatic rings. The summed E-state index contributed by atoms with van der Waals surface area (Å²) in [5.74, 6) is -0.772. The fourth-order valence-corrected chi connectivity index (χ4v) is 1.15. The van der Waals surface area contributed by atoms with Crippen molar-refractivity contribution in [3.8, 4) is 5.75 Å². The fourth-order valence-electron chi connectivity index (χ4n) is 1.15. The van der Waals surface area contributed by atoms with Gasteiger partial charge in [-0.15, -0.1) is 0 Å². The predicted octanol–water partition coefficient (Wildman–Crippen LogP) is 2.47. The van der Waals surface area contributed by atoms with Crippen LogP contribution in [0.2, 0.25) is 0 Å². The van der Waals surface area contributed by atoms with E-state index in [9.17, 15) is 4.79 Å². The van der Waals surface area contributed by atoms with E-state index in [2.05, 4.69) is 0 Å². The summed E-state index contributed by atoms with van der Waals surface area (Å²) in [5.41, 5.74) is 0.102. The summed E-state index contributed by atoms with van der Waals surface area (Å²) in [6.45, 7) is 2.41. The lowest BCUT2D eigenvalue weighted by Crippen LogP contribution is -2.08. The Bertz CT molecular complexity index is 351. The van der Waals surface area contributed by atoms with Gasteiger partial charge in [-0.05, 0) is 18.6 Å². The number of hydrogen-bond donors (Lipinski definition) is 1.